The smallest absolute Gasteiger partial charge is 0.203 e. The van der Waals surface area contributed by atoms with Crippen molar-refractivity contribution in [1.29, 1.82) is 0 Å². The van der Waals surface area contributed by atoms with E-state index < -0.39 is 0 Å². The molecular weight excluding hydrogens is 304 g/mol. The van der Waals surface area contributed by atoms with Crippen molar-refractivity contribution in [2.75, 3.05) is 11.2 Å². The Hall–Kier alpha value is -2.32. The number of hydrogen-bond acceptors (Lipinski definition) is 8. The summed E-state index contributed by atoms with van der Waals surface area (Å²) in [5, 5.41) is 7.38. The summed E-state index contributed by atoms with van der Waals surface area (Å²) in [6, 6.07) is 3.79. The third-order valence-electron chi connectivity index (χ3n) is 2.61. The largest absolute Gasteiger partial charge is 0.375 e. The van der Waals surface area contributed by atoms with E-state index in [1.807, 2.05) is 24.4 Å². The summed E-state index contributed by atoms with van der Waals surface area (Å²) in [7, 11) is 0. The van der Waals surface area contributed by atoms with Gasteiger partial charge in [0.15, 0.2) is 5.13 Å². The van der Waals surface area contributed by atoms with Gasteiger partial charge in [-0.15, -0.1) is 11.3 Å². The number of aryl methyl sites for hydroxylation is 1. The number of nitrogens with two attached hydrogens (primary N) is 1. The lowest BCUT2D eigenvalue weighted by molar-refractivity contribution is 1.25. The Morgan fingerprint density at radius 1 is 1.38 bits per heavy atom. The molecule has 8 heteroatoms. The van der Waals surface area contributed by atoms with Gasteiger partial charge in [0.2, 0.25) is 5.13 Å². The summed E-state index contributed by atoms with van der Waals surface area (Å²) >= 11 is 2.92. The molecule has 0 saturated carbocycles. The van der Waals surface area contributed by atoms with E-state index in [2.05, 4.69) is 25.5 Å². The molecule has 3 aromatic heterocycles. The van der Waals surface area contributed by atoms with Crippen LogP contribution in [-0.4, -0.2) is 21.2 Å². The summed E-state index contributed by atoms with van der Waals surface area (Å²) in [5.74, 6) is 0. The number of aromatic nitrogens is 3. The van der Waals surface area contributed by atoms with Crippen LogP contribution in [0.15, 0.2) is 35.0 Å². The van der Waals surface area contributed by atoms with Crippen molar-refractivity contribution in [3.05, 3.63) is 41.2 Å². The second-order valence-electron chi connectivity index (χ2n) is 4.16. The van der Waals surface area contributed by atoms with Gasteiger partial charge in [-0.05, 0) is 13.0 Å². The van der Waals surface area contributed by atoms with Crippen LogP contribution in [0.5, 0.6) is 0 Å². The van der Waals surface area contributed by atoms with Gasteiger partial charge in [-0.2, -0.15) is 5.10 Å². The van der Waals surface area contributed by atoms with Gasteiger partial charge in [0.25, 0.3) is 0 Å². The zero-order valence-electron chi connectivity index (χ0n) is 11.1. The van der Waals surface area contributed by atoms with E-state index >= 15 is 0 Å². The van der Waals surface area contributed by atoms with Crippen molar-refractivity contribution in [2.24, 2.45) is 5.10 Å². The predicted molar refractivity (Wildman–Crippen MR) is 87.8 cm³/mol. The SMILES string of the molecule is Cc1nc(N)sc1-c1csc(N/N=C/c2cccnc2)n1. The monoisotopic (exact) mass is 316 g/mol. The number of thiazole rings is 2. The van der Waals surface area contributed by atoms with Crippen LogP contribution in [0.1, 0.15) is 11.3 Å². The van der Waals surface area contributed by atoms with Crippen molar-refractivity contribution in [2.45, 2.75) is 6.92 Å². The molecule has 0 saturated heterocycles. The van der Waals surface area contributed by atoms with Crippen LogP contribution in [0.25, 0.3) is 10.6 Å². The Kier molecular flexibility index (Phi) is 3.89. The molecule has 3 heterocycles. The van der Waals surface area contributed by atoms with Gasteiger partial charge in [0.1, 0.15) is 0 Å². The molecular formula is C13H12N6S2. The molecule has 0 fully saturated rings. The summed E-state index contributed by atoms with van der Waals surface area (Å²) in [4.78, 5) is 13.7. The van der Waals surface area contributed by atoms with Crippen LogP contribution in [0.3, 0.4) is 0 Å². The van der Waals surface area contributed by atoms with Gasteiger partial charge in [-0.1, -0.05) is 17.4 Å². The topological polar surface area (TPSA) is 89.1 Å². The lowest BCUT2D eigenvalue weighted by Gasteiger charge is -1.94. The van der Waals surface area contributed by atoms with Crippen LogP contribution in [0.4, 0.5) is 10.3 Å². The van der Waals surface area contributed by atoms with Gasteiger partial charge in [0.05, 0.1) is 22.5 Å². The number of rotatable bonds is 4. The minimum atomic E-state index is 0.555. The molecule has 3 rings (SSSR count). The van der Waals surface area contributed by atoms with Crippen molar-refractivity contribution in [3.63, 3.8) is 0 Å². The summed E-state index contributed by atoms with van der Waals surface area (Å²) in [6.07, 6.45) is 5.16. The first kappa shape index (κ1) is 13.7. The van der Waals surface area contributed by atoms with Gasteiger partial charge < -0.3 is 5.73 Å². The Balaban J connectivity index is 1.71. The van der Waals surface area contributed by atoms with E-state index in [-0.39, 0.29) is 0 Å². The lowest BCUT2D eigenvalue weighted by atomic mass is 10.3. The van der Waals surface area contributed by atoms with Crippen LogP contribution < -0.4 is 11.2 Å². The normalized spacial score (nSPS) is 11.1. The molecule has 0 unspecified atom stereocenters. The Morgan fingerprint density at radius 2 is 2.29 bits per heavy atom. The average molecular weight is 316 g/mol. The molecule has 0 atom stereocenters. The highest BCUT2D eigenvalue weighted by Crippen LogP contribution is 2.33. The van der Waals surface area contributed by atoms with E-state index in [1.54, 1.807) is 18.6 Å². The molecule has 0 aromatic carbocycles. The minimum Gasteiger partial charge on any atom is -0.375 e. The number of hydrogen-bond donors (Lipinski definition) is 2. The average Bonchev–Trinajstić information content (AvgIpc) is 3.06. The van der Waals surface area contributed by atoms with Crippen molar-refractivity contribution >= 4 is 39.2 Å². The third kappa shape index (κ3) is 3.23. The lowest BCUT2D eigenvalue weighted by Crippen LogP contribution is -1.90. The molecule has 0 radical (unpaired) electrons. The molecule has 21 heavy (non-hydrogen) atoms. The molecule has 3 N–H and O–H groups in total. The minimum absolute atomic E-state index is 0.555. The fraction of sp³-hybridized carbons (Fsp3) is 0.0769. The van der Waals surface area contributed by atoms with Crippen LogP contribution in [-0.2, 0) is 0 Å². The fourth-order valence-electron chi connectivity index (χ4n) is 1.70. The molecule has 0 aliphatic rings. The summed E-state index contributed by atoms with van der Waals surface area (Å²) < 4.78 is 0. The molecule has 0 bridgehead atoms. The molecule has 3 aromatic rings. The molecule has 0 aliphatic carbocycles. The summed E-state index contributed by atoms with van der Waals surface area (Å²) in [5.41, 5.74) is 11.3. The second-order valence-corrected chi connectivity index (χ2v) is 6.05. The predicted octanol–water partition coefficient (Wildman–Crippen LogP) is 3.00. The highest BCUT2D eigenvalue weighted by Gasteiger charge is 2.11. The van der Waals surface area contributed by atoms with Gasteiger partial charge in [0, 0.05) is 23.3 Å². The Morgan fingerprint density at radius 3 is 3.00 bits per heavy atom. The quantitative estimate of drug-likeness (QED) is 0.570. The number of pyridine rings is 1. The van der Waals surface area contributed by atoms with E-state index in [4.69, 9.17) is 5.73 Å². The third-order valence-corrected chi connectivity index (χ3v) is 4.36. The van der Waals surface area contributed by atoms with Crippen molar-refractivity contribution < 1.29 is 0 Å². The molecule has 106 valence electrons. The zero-order chi connectivity index (χ0) is 14.7. The molecule has 0 spiro atoms. The number of anilines is 2. The number of nitrogens with one attached hydrogen (secondary N) is 1. The van der Waals surface area contributed by atoms with Gasteiger partial charge in [-0.3, -0.25) is 10.4 Å². The first-order valence-corrected chi connectivity index (χ1v) is 7.80. The standard InChI is InChI=1S/C13H12N6S2/c1-8-11(21-12(14)17-8)10-7-20-13(18-10)19-16-6-9-3-2-4-15-5-9/h2-7H,1H3,(H2,14,17)(H,18,19)/b16-6+. The van der Waals surface area contributed by atoms with Crippen LogP contribution in [0.2, 0.25) is 0 Å². The second kappa shape index (κ2) is 5.98. The summed E-state index contributed by atoms with van der Waals surface area (Å²) in [6.45, 7) is 1.93. The Bertz CT molecular complexity index is 762. The number of hydrazone groups is 1. The molecule has 0 amide bonds. The van der Waals surface area contributed by atoms with E-state index in [9.17, 15) is 0 Å². The van der Waals surface area contributed by atoms with Crippen molar-refractivity contribution in [3.8, 4) is 10.6 Å². The van der Waals surface area contributed by atoms with Crippen molar-refractivity contribution in [1.82, 2.24) is 15.0 Å². The first-order valence-electron chi connectivity index (χ1n) is 6.10. The highest BCUT2D eigenvalue weighted by atomic mass is 32.1. The maximum atomic E-state index is 5.71. The molecule has 0 aliphatic heterocycles. The van der Waals surface area contributed by atoms with E-state index in [0.29, 0.717) is 5.13 Å². The van der Waals surface area contributed by atoms with Crippen LogP contribution >= 0.6 is 22.7 Å². The van der Waals surface area contributed by atoms with Gasteiger partial charge in [-0.25, -0.2) is 9.97 Å². The zero-order valence-corrected chi connectivity index (χ0v) is 12.8. The maximum absolute atomic E-state index is 5.71. The first-order chi connectivity index (χ1) is 10.2. The van der Waals surface area contributed by atoms with Crippen LogP contribution in [0, 0.1) is 6.92 Å². The fourth-order valence-corrected chi connectivity index (χ4v) is 3.22. The van der Waals surface area contributed by atoms with E-state index in [0.717, 1.165) is 27.0 Å². The van der Waals surface area contributed by atoms with E-state index in [1.165, 1.54) is 22.7 Å². The number of nitrogen functional groups attached to an aromatic ring is 1. The number of nitrogens with zero attached hydrogens (tertiary/aromatic N) is 4. The van der Waals surface area contributed by atoms with Gasteiger partial charge >= 0.3 is 0 Å². The Labute approximate surface area is 129 Å². The molecule has 6 nitrogen and oxygen atoms in total. The maximum Gasteiger partial charge on any atom is 0.203 e. The highest BCUT2D eigenvalue weighted by molar-refractivity contribution is 7.19.